The second kappa shape index (κ2) is 7.41. The van der Waals surface area contributed by atoms with Crippen LogP contribution in [0.5, 0.6) is 0 Å². The number of hydrogen-bond donors (Lipinski definition) is 2. The molecule has 1 saturated carbocycles. The number of ether oxygens (including phenoxy) is 2. The summed E-state index contributed by atoms with van der Waals surface area (Å²) < 4.78 is 72.0. The third kappa shape index (κ3) is 4.69. The molecule has 1 saturated heterocycles. The molecule has 0 unspecified atom stereocenters. The summed E-state index contributed by atoms with van der Waals surface area (Å²) in [6.07, 6.45) is -0.986. The van der Waals surface area contributed by atoms with Gasteiger partial charge >= 0.3 is 11.6 Å². The predicted molar refractivity (Wildman–Crippen MR) is 98.2 cm³/mol. The smallest absolute Gasteiger partial charge is 0.444 e. The van der Waals surface area contributed by atoms with E-state index in [0.29, 0.717) is 6.42 Å². The maximum absolute atomic E-state index is 12.8. The molecule has 2 fully saturated rings. The molecule has 1 aromatic rings. The van der Waals surface area contributed by atoms with Crippen LogP contribution in [-0.4, -0.2) is 49.8 Å². The maximum atomic E-state index is 12.8. The Balaban J connectivity index is 1.71. The molecule has 2 amide bonds. The van der Waals surface area contributed by atoms with E-state index < -0.39 is 49.8 Å². The van der Waals surface area contributed by atoms with Crippen molar-refractivity contribution in [1.29, 1.82) is 0 Å². The van der Waals surface area contributed by atoms with Gasteiger partial charge in [0, 0.05) is 5.69 Å². The largest absolute Gasteiger partial charge is 0.501 e. The Kier molecular flexibility index (Phi) is 5.52. The summed E-state index contributed by atoms with van der Waals surface area (Å²) in [5, 5.41) is 5.03. The van der Waals surface area contributed by atoms with Gasteiger partial charge in [0.15, 0.2) is 0 Å². The Morgan fingerprint density at radius 1 is 1.20 bits per heavy atom. The van der Waals surface area contributed by atoms with Crippen molar-refractivity contribution in [2.45, 2.75) is 61.4 Å². The van der Waals surface area contributed by atoms with E-state index in [-0.39, 0.29) is 17.9 Å². The number of sulfone groups is 1. The van der Waals surface area contributed by atoms with E-state index in [9.17, 15) is 31.2 Å². The molecule has 30 heavy (non-hydrogen) atoms. The van der Waals surface area contributed by atoms with Gasteiger partial charge in [0.2, 0.25) is 5.91 Å². The average molecular weight is 450 g/mol. The van der Waals surface area contributed by atoms with E-state index in [2.05, 4.69) is 10.6 Å². The normalized spacial score (nSPS) is 25.9. The van der Waals surface area contributed by atoms with Gasteiger partial charge in [0.25, 0.3) is 9.84 Å². The number of rotatable bonds is 4. The zero-order valence-corrected chi connectivity index (χ0v) is 17.1. The summed E-state index contributed by atoms with van der Waals surface area (Å²) in [7, 11) is -5.54. The minimum Gasteiger partial charge on any atom is -0.444 e. The molecule has 2 aliphatic rings. The summed E-state index contributed by atoms with van der Waals surface area (Å²) in [6.45, 7) is 5.05. The highest BCUT2D eigenvalue weighted by molar-refractivity contribution is 7.92. The molecule has 8 nitrogen and oxygen atoms in total. The Labute approximate surface area is 171 Å². The first-order chi connectivity index (χ1) is 13.7. The fourth-order valence-corrected chi connectivity index (χ4v) is 4.10. The summed E-state index contributed by atoms with van der Waals surface area (Å²) in [4.78, 5) is 23.8. The van der Waals surface area contributed by atoms with Gasteiger partial charge in [-0.15, -0.1) is 0 Å². The van der Waals surface area contributed by atoms with Gasteiger partial charge in [-0.2, -0.15) is 13.2 Å². The van der Waals surface area contributed by atoms with E-state index in [1.807, 2.05) is 0 Å². The maximum Gasteiger partial charge on any atom is 0.501 e. The van der Waals surface area contributed by atoms with Crippen molar-refractivity contribution in [3.05, 3.63) is 24.3 Å². The number of alkyl halides is 3. The van der Waals surface area contributed by atoms with Crippen LogP contribution in [0.1, 0.15) is 27.2 Å². The second-order valence-electron chi connectivity index (χ2n) is 8.12. The number of nitrogens with one attached hydrogen (secondary N) is 2. The van der Waals surface area contributed by atoms with Crippen LogP contribution >= 0.6 is 0 Å². The van der Waals surface area contributed by atoms with Gasteiger partial charge in [-0.1, -0.05) is 6.07 Å². The topological polar surface area (TPSA) is 114 Å². The molecule has 3 rings (SSSR count). The molecule has 1 aromatic carbocycles. The zero-order valence-electron chi connectivity index (χ0n) is 16.3. The van der Waals surface area contributed by atoms with Gasteiger partial charge in [-0.3, -0.25) is 4.79 Å². The number of halogens is 3. The Bertz CT molecular complexity index is 957. The quantitative estimate of drug-likeness (QED) is 0.682. The first-order valence-corrected chi connectivity index (χ1v) is 10.5. The van der Waals surface area contributed by atoms with Crippen molar-refractivity contribution in [3.8, 4) is 0 Å². The number of carbonyl (C=O) groups excluding carboxylic acids is 2. The molecular formula is C18H21F3N2O6S. The van der Waals surface area contributed by atoms with E-state index >= 15 is 0 Å². The number of carbonyl (C=O) groups is 2. The molecule has 0 spiro atoms. The lowest BCUT2D eigenvalue weighted by atomic mass is 10.0. The second-order valence-corrected chi connectivity index (χ2v) is 10.1. The first kappa shape index (κ1) is 22.3. The van der Waals surface area contributed by atoms with Crippen LogP contribution in [0, 0.1) is 5.92 Å². The van der Waals surface area contributed by atoms with Crippen LogP contribution in [0.4, 0.5) is 23.7 Å². The Morgan fingerprint density at radius 2 is 1.87 bits per heavy atom. The molecule has 0 aromatic heterocycles. The van der Waals surface area contributed by atoms with Crippen molar-refractivity contribution in [2.75, 3.05) is 5.32 Å². The molecule has 0 radical (unpaired) electrons. The highest BCUT2D eigenvalue weighted by Gasteiger charge is 2.58. The number of hydrogen-bond acceptors (Lipinski definition) is 6. The molecule has 1 heterocycles. The lowest BCUT2D eigenvalue weighted by Crippen LogP contribution is -2.47. The van der Waals surface area contributed by atoms with Crippen LogP contribution in [0.15, 0.2) is 29.2 Å². The van der Waals surface area contributed by atoms with Crippen molar-refractivity contribution < 1.29 is 40.7 Å². The summed E-state index contributed by atoms with van der Waals surface area (Å²) in [6, 6.07) is 3.23. The molecule has 0 bridgehead atoms. The number of amides is 2. The lowest BCUT2D eigenvalue weighted by molar-refractivity contribution is -0.121. The summed E-state index contributed by atoms with van der Waals surface area (Å²) >= 11 is 0. The summed E-state index contributed by atoms with van der Waals surface area (Å²) in [5.41, 5.74) is -6.31. The van der Waals surface area contributed by atoms with Crippen molar-refractivity contribution in [3.63, 3.8) is 0 Å². The average Bonchev–Trinajstić information content (AvgIpc) is 3.27. The Morgan fingerprint density at radius 3 is 2.47 bits per heavy atom. The van der Waals surface area contributed by atoms with Crippen LogP contribution in [0.25, 0.3) is 0 Å². The van der Waals surface area contributed by atoms with Crippen LogP contribution in [0.3, 0.4) is 0 Å². The molecule has 2 N–H and O–H groups in total. The van der Waals surface area contributed by atoms with Crippen LogP contribution < -0.4 is 10.6 Å². The van der Waals surface area contributed by atoms with Gasteiger partial charge in [0.1, 0.15) is 11.7 Å². The zero-order chi connectivity index (χ0) is 22.5. The van der Waals surface area contributed by atoms with Crippen LogP contribution in [0.2, 0.25) is 0 Å². The highest BCUT2D eigenvalue weighted by Crippen LogP contribution is 2.43. The monoisotopic (exact) mass is 450 g/mol. The fourth-order valence-electron chi connectivity index (χ4n) is 3.29. The van der Waals surface area contributed by atoms with E-state index in [4.69, 9.17) is 9.47 Å². The van der Waals surface area contributed by atoms with Gasteiger partial charge in [-0.25, -0.2) is 13.2 Å². The number of benzene rings is 1. The number of anilines is 1. The fraction of sp³-hybridized carbons (Fsp3) is 0.556. The third-order valence-corrected chi connectivity index (χ3v) is 6.12. The molecule has 1 aliphatic heterocycles. The number of epoxide rings is 1. The standard InChI is InChI=1S/C18H21F3N2O6S/c1-17(2,3)29-16(25)23-13-11(8-12-14(13)28-12)15(24)22-9-5-4-6-10(7-9)30(26,27)18(19,20)21/h4-7,11-14H,8H2,1-3H3,(H,22,24)(H,23,25)/t11-,12-,13-,14-/m0/s1. The number of alkyl carbamates (subject to hydrolysis) is 1. The first-order valence-electron chi connectivity index (χ1n) is 9.06. The molecule has 1 aliphatic carbocycles. The van der Waals surface area contributed by atoms with E-state index in [0.717, 1.165) is 18.2 Å². The minimum atomic E-state index is -5.54. The van der Waals surface area contributed by atoms with E-state index in [1.165, 1.54) is 6.07 Å². The molecule has 166 valence electrons. The van der Waals surface area contributed by atoms with Gasteiger partial charge in [-0.05, 0) is 45.4 Å². The molecular weight excluding hydrogens is 429 g/mol. The molecule has 12 heteroatoms. The lowest BCUT2D eigenvalue weighted by Gasteiger charge is -2.25. The van der Waals surface area contributed by atoms with Crippen molar-refractivity contribution in [1.82, 2.24) is 5.32 Å². The summed E-state index contributed by atoms with van der Waals surface area (Å²) in [5.74, 6) is -1.29. The minimum absolute atomic E-state index is 0.108. The highest BCUT2D eigenvalue weighted by atomic mass is 32.2. The van der Waals surface area contributed by atoms with E-state index in [1.54, 1.807) is 20.8 Å². The van der Waals surface area contributed by atoms with Crippen LogP contribution in [-0.2, 0) is 24.1 Å². The third-order valence-electron chi connectivity index (χ3n) is 4.63. The number of fused-ring (bicyclic) bond motifs is 1. The van der Waals surface area contributed by atoms with Gasteiger partial charge in [0.05, 0.1) is 23.0 Å². The van der Waals surface area contributed by atoms with Crippen molar-refractivity contribution >= 4 is 27.5 Å². The Hall–Kier alpha value is -2.34. The predicted octanol–water partition coefficient (Wildman–Crippen LogP) is 2.60. The van der Waals surface area contributed by atoms with Gasteiger partial charge < -0.3 is 20.1 Å². The van der Waals surface area contributed by atoms with Crippen molar-refractivity contribution in [2.24, 2.45) is 5.92 Å². The SMILES string of the molecule is CC(C)(C)OC(=O)N[C@@H]1[C@H]2O[C@H]2C[C@@H]1C(=O)Nc1cccc(S(=O)(=O)C(F)(F)F)c1. The molecule has 4 atom stereocenters.